The quantitative estimate of drug-likeness (QED) is 0.172. The van der Waals surface area contributed by atoms with Gasteiger partial charge in [-0.3, -0.25) is 9.69 Å². The summed E-state index contributed by atoms with van der Waals surface area (Å²) >= 11 is 0. The number of rotatable bonds is 11. The Balaban J connectivity index is 1.44. The number of carbonyl (C=O) groups is 2. The molecule has 3 aliphatic rings. The summed E-state index contributed by atoms with van der Waals surface area (Å²) < 4.78 is 30.8. The van der Waals surface area contributed by atoms with E-state index in [0.29, 0.717) is 19.3 Å². The lowest BCUT2D eigenvalue weighted by atomic mass is 9.77. The van der Waals surface area contributed by atoms with Crippen LogP contribution < -0.4 is 10.4 Å². The molecule has 1 unspecified atom stereocenters. The van der Waals surface area contributed by atoms with Gasteiger partial charge in [0.25, 0.3) is 8.32 Å². The molecular weight excluding hydrogens is 598 g/mol. The fourth-order valence-corrected chi connectivity index (χ4v) is 13.3. The van der Waals surface area contributed by atoms with Crippen molar-refractivity contribution in [2.45, 2.75) is 81.5 Å². The van der Waals surface area contributed by atoms with Crippen molar-refractivity contribution >= 4 is 30.6 Å². The Morgan fingerprint density at radius 1 is 0.848 bits per heavy atom. The highest BCUT2D eigenvalue weighted by Gasteiger charge is 2.75. The molecule has 7 atom stereocenters. The lowest BCUT2D eigenvalue weighted by molar-refractivity contribution is -0.180. The molecule has 3 aromatic carbocycles. The maximum absolute atomic E-state index is 14.2. The van der Waals surface area contributed by atoms with Crippen molar-refractivity contribution in [2.24, 2.45) is 5.92 Å². The molecule has 0 N–H and O–H groups in total. The van der Waals surface area contributed by atoms with E-state index in [1.807, 2.05) is 42.5 Å². The predicted octanol–water partition coefficient (Wildman–Crippen LogP) is 4.44. The van der Waals surface area contributed by atoms with E-state index in [-0.39, 0.29) is 42.5 Å². The molecule has 244 valence electrons. The van der Waals surface area contributed by atoms with Crippen LogP contribution in [-0.2, 0) is 39.6 Å². The third-order valence-electron chi connectivity index (χ3n) is 10.3. The van der Waals surface area contributed by atoms with Gasteiger partial charge in [0.2, 0.25) is 0 Å². The zero-order chi connectivity index (χ0) is 32.5. The average molecular weight is 644 g/mol. The average Bonchev–Trinajstić information content (AvgIpc) is 3.49. The summed E-state index contributed by atoms with van der Waals surface area (Å²) in [5, 5.41) is 2.07. The zero-order valence-corrected chi connectivity index (χ0v) is 28.4. The molecule has 3 saturated heterocycles. The predicted molar refractivity (Wildman–Crippen MR) is 177 cm³/mol. The summed E-state index contributed by atoms with van der Waals surface area (Å²) in [5.74, 6) is -1.13. The topological polar surface area (TPSA) is 83.5 Å². The summed E-state index contributed by atoms with van der Waals surface area (Å²) in [6, 6.07) is 29.9. The van der Waals surface area contributed by atoms with E-state index < -0.39 is 32.0 Å². The van der Waals surface area contributed by atoms with E-state index in [2.05, 4.69) is 74.2 Å². The number of hydrogen-bond acceptors (Lipinski definition) is 8. The summed E-state index contributed by atoms with van der Waals surface area (Å²) in [6.07, 6.45) is 0.736. The minimum atomic E-state index is -2.99. The number of hydrogen-bond donors (Lipinski definition) is 0. The van der Waals surface area contributed by atoms with Gasteiger partial charge in [0, 0.05) is 19.1 Å². The second-order valence-corrected chi connectivity index (χ2v) is 17.9. The number of ether oxygens (including phenoxy) is 4. The second kappa shape index (κ2) is 13.0. The number of benzene rings is 3. The summed E-state index contributed by atoms with van der Waals surface area (Å²) in [5.41, 5.74) is -0.311. The van der Waals surface area contributed by atoms with Gasteiger partial charge in [-0.15, -0.1) is 0 Å². The van der Waals surface area contributed by atoms with Crippen LogP contribution in [0.1, 0.15) is 45.6 Å². The molecule has 0 aliphatic carbocycles. The van der Waals surface area contributed by atoms with E-state index >= 15 is 0 Å². The SMILES string of the molecule is COCO[C@H]1C[C@H]2C[C@H](O[Si](c3ccccc3)(c3ccccc3)C(C)(C)C)[C@@H]3C[C@H](C(=O)OCc4ccccc4)N2[C@]13C(=O)OC. The van der Waals surface area contributed by atoms with Crippen LogP contribution in [-0.4, -0.2) is 76.0 Å². The van der Waals surface area contributed by atoms with Crippen molar-refractivity contribution in [1.29, 1.82) is 0 Å². The monoisotopic (exact) mass is 643 g/mol. The Bertz CT molecular complexity index is 1460. The van der Waals surface area contributed by atoms with Crippen LogP contribution in [0.25, 0.3) is 0 Å². The van der Waals surface area contributed by atoms with Gasteiger partial charge < -0.3 is 23.4 Å². The molecule has 8 nitrogen and oxygen atoms in total. The number of nitrogens with zero attached hydrogens (tertiary/aromatic N) is 1. The first-order chi connectivity index (χ1) is 22.2. The molecule has 3 aromatic rings. The van der Waals surface area contributed by atoms with E-state index in [0.717, 1.165) is 5.56 Å². The fourth-order valence-electron chi connectivity index (χ4n) is 8.54. The third-order valence-corrected chi connectivity index (χ3v) is 15.3. The highest BCUT2D eigenvalue weighted by molar-refractivity contribution is 6.99. The van der Waals surface area contributed by atoms with Gasteiger partial charge in [-0.05, 0) is 40.2 Å². The molecule has 6 rings (SSSR count). The van der Waals surface area contributed by atoms with Crippen molar-refractivity contribution in [2.75, 3.05) is 21.0 Å². The molecular formula is C37H45NO7Si. The first-order valence-corrected chi connectivity index (χ1v) is 18.1. The minimum absolute atomic E-state index is 0.0278. The maximum atomic E-state index is 14.2. The third kappa shape index (κ3) is 5.32. The normalized spacial score (nSPS) is 28.5. The van der Waals surface area contributed by atoms with Crippen LogP contribution in [0.5, 0.6) is 0 Å². The highest BCUT2D eigenvalue weighted by Crippen LogP contribution is 2.59. The van der Waals surface area contributed by atoms with Crippen LogP contribution in [0.2, 0.25) is 5.04 Å². The Morgan fingerprint density at radius 2 is 1.43 bits per heavy atom. The van der Waals surface area contributed by atoms with Crippen molar-refractivity contribution in [3.8, 4) is 0 Å². The lowest BCUT2D eigenvalue weighted by Crippen LogP contribution is -2.71. The first-order valence-electron chi connectivity index (χ1n) is 16.1. The molecule has 3 aliphatic heterocycles. The van der Waals surface area contributed by atoms with Gasteiger partial charge in [-0.1, -0.05) is 112 Å². The molecule has 3 heterocycles. The molecule has 0 spiro atoms. The van der Waals surface area contributed by atoms with Crippen LogP contribution in [0.3, 0.4) is 0 Å². The van der Waals surface area contributed by atoms with Crippen molar-refractivity contribution in [1.82, 2.24) is 4.90 Å². The molecule has 0 saturated carbocycles. The van der Waals surface area contributed by atoms with Gasteiger partial charge in [0.15, 0.2) is 5.54 Å². The van der Waals surface area contributed by atoms with Crippen LogP contribution >= 0.6 is 0 Å². The second-order valence-electron chi connectivity index (χ2n) is 13.7. The first kappa shape index (κ1) is 32.6. The van der Waals surface area contributed by atoms with Crippen molar-refractivity contribution in [3.63, 3.8) is 0 Å². The molecule has 3 fully saturated rings. The minimum Gasteiger partial charge on any atom is -0.468 e. The van der Waals surface area contributed by atoms with Gasteiger partial charge in [0.05, 0.1) is 19.3 Å². The van der Waals surface area contributed by atoms with Crippen LogP contribution in [0.4, 0.5) is 0 Å². The zero-order valence-electron chi connectivity index (χ0n) is 27.4. The molecule has 4 bridgehead atoms. The summed E-state index contributed by atoms with van der Waals surface area (Å²) in [4.78, 5) is 30.2. The van der Waals surface area contributed by atoms with E-state index in [1.54, 1.807) is 7.11 Å². The number of esters is 2. The van der Waals surface area contributed by atoms with E-state index in [1.165, 1.54) is 17.5 Å². The summed E-state index contributed by atoms with van der Waals surface area (Å²) in [6.45, 7) is 6.95. The Labute approximate surface area is 273 Å². The highest BCUT2D eigenvalue weighted by atomic mass is 28.4. The Morgan fingerprint density at radius 3 is 1.98 bits per heavy atom. The molecule has 0 aromatic heterocycles. The number of piperidine rings is 1. The fraction of sp³-hybridized carbons (Fsp3) is 0.459. The largest absolute Gasteiger partial charge is 0.468 e. The van der Waals surface area contributed by atoms with E-state index in [9.17, 15) is 9.59 Å². The Kier molecular flexibility index (Phi) is 9.24. The molecule has 0 radical (unpaired) electrons. The van der Waals surface area contributed by atoms with Crippen LogP contribution in [0.15, 0.2) is 91.0 Å². The van der Waals surface area contributed by atoms with Crippen molar-refractivity contribution < 1.29 is 33.0 Å². The molecule has 46 heavy (non-hydrogen) atoms. The molecule has 9 heteroatoms. The van der Waals surface area contributed by atoms with E-state index in [4.69, 9.17) is 23.4 Å². The Hall–Kier alpha value is -3.34. The van der Waals surface area contributed by atoms with Crippen molar-refractivity contribution in [3.05, 3.63) is 96.6 Å². The molecule has 0 amide bonds. The van der Waals surface area contributed by atoms with Crippen LogP contribution in [0, 0.1) is 5.92 Å². The summed E-state index contributed by atoms with van der Waals surface area (Å²) in [7, 11) is -0.0145. The number of carbonyl (C=O) groups excluding carboxylic acids is 2. The standard InChI is InChI=1S/C37H45NO7Si/c1-36(2,3)46(28-17-11-7-12-18-28,29-19-13-8-14-20-29)45-32-21-27-22-33(44-25-41-4)37(35(40)42-5)30(32)23-31(38(27)37)34(39)43-24-26-15-9-6-10-16-26/h6-20,27,30-33H,21-25H2,1-5H3/t27-,30+,31-,32+,33+,37+/m1/s1. The van der Waals surface area contributed by atoms with Gasteiger partial charge >= 0.3 is 11.9 Å². The van der Waals surface area contributed by atoms with Gasteiger partial charge in [0.1, 0.15) is 19.4 Å². The number of methoxy groups -OCH3 is 2. The van der Waals surface area contributed by atoms with Gasteiger partial charge in [-0.2, -0.15) is 0 Å². The maximum Gasteiger partial charge on any atom is 0.329 e. The smallest absolute Gasteiger partial charge is 0.329 e. The van der Waals surface area contributed by atoms with Gasteiger partial charge in [-0.25, -0.2) is 4.79 Å². The lowest BCUT2D eigenvalue weighted by Gasteiger charge is -2.51.